The van der Waals surface area contributed by atoms with Gasteiger partial charge in [-0.05, 0) is 47.1 Å². The third-order valence-electron chi connectivity index (χ3n) is 4.26. The summed E-state index contributed by atoms with van der Waals surface area (Å²) in [6.07, 6.45) is 17.1. The van der Waals surface area contributed by atoms with Crippen LogP contribution in [0.5, 0.6) is 0 Å². The summed E-state index contributed by atoms with van der Waals surface area (Å²) >= 11 is 0. The molecule has 0 fully saturated rings. The first-order valence-corrected chi connectivity index (χ1v) is 6.80. The van der Waals surface area contributed by atoms with Crippen molar-refractivity contribution >= 4 is 5.57 Å². The first-order chi connectivity index (χ1) is 8.95. The molecule has 0 bridgehead atoms. The minimum Gasteiger partial charge on any atom is -0.0839 e. The Kier molecular flexibility index (Phi) is 2.16. The van der Waals surface area contributed by atoms with Gasteiger partial charge >= 0.3 is 0 Å². The van der Waals surface area contributed by atoms with E-state index in [-0.39, 0.29) is 0 Å². The third kappa shape index (κ3) is 1.32. The first kappa shape index (κ1) is 10.1. The zero-order valence-corrected chi connectivity index (χ0v) is 10.4. The molecular weight excluding hydrogens is 216 g/mol. The van der Waals surface area contributed by atoms with Gasteiger partial charge in [0.1, 0.15) is 0 Å². The maximum atomic E-state index is 2.36. The van der Waals surface area contributed by atoms with Gasteiger partial charge < -0.3 is 0 Å². The molecule has 88 valence electrons. The molecule has 0 heterocycles. The summed E-state index contributed by atoms with van der Waals surface area (Å²) in [5.41, 5.74) is 7.70. The Hall–Kier alpha value is -1.82. The quantitative estimate of drug-likeness (QED) is 0.615. The number of allylic oxidation sites excluding steroid dienone is 8. The molecule has 0 heteroatoms. The fourth-order valence-corrected chi connectivity index (χ4v) is 3.49. The predicted molar refractivity (Wildman–Crippen MR) is 76.5 cm³/mol. The van der Waals surface area contributed by atoms with Crippen molar-refractivity contribution in [3.05, 3.63) is 76.9 Å². The van der Waals surface area contributed by atoms with Gasteiger partial charge in [-0.2, -0.15) is 0 Å². The molecule has 3 aliphatic rings. The number of hydrogen-bond acceptors (Lipinski definition) is 0. The zero-order valence-electron chi connectivity index (χ0n) is 10.4. The van der Waals surface area contributed by atoms with Crippen molar-refractivity contribution in [1.82, 2.24) is 0 Å². The van der Waals surface area contributed by atoms with Crippen molar-refractivity contribution in [3.8, 4) is 0 Å². The van der Waals surface area contributed by atoms with Crippen LogP contribution in [0.4, 0.5) is 0 Å². The highest BCUT2D eigenvalue weighted by Gasteiger charge is 2.30. The molecule has 1 aromatic carbocycles. The van der Waals surface area contributed by atoms with Crippen LogP contribution >= 0.6 is 0 Å². The highest BCUT2D eigenvalue weighted by Crippen LogP contribution is 2.48. The van der Waals surface area contributed by atoms with Crippen LogP contribution in [0, 0.1) is 0 Å². The van der Waals surface area contributed by atoms with E-state index in [0.29, 0.717) is 5.92 Å². The van der Waals surface area contributed by atoms with E-state index in [0.717, 1.165) is 6.42 Å². The molecule has 0 radical (unpaired) electrons. The summed E-state index contributed by atoms with van der Waals surface area (Å²) in [5, 5.41) is 0. The molecular formula is C18H16. The minimum atomic E-state index is 0.493. The Bertz CT molecular complexity index is 623. The van der Waals surface area contributed by atoms with Gasteiger partial charge in [-0.25, -0.2) is 0 Å². The highest BCUT2D eigenvalue weighted by molar-refractivity contribution is 5.83. The van der Waals surface area contributed by atoms with E-state index in [1.165, 1.54) is 29.5 Å². The van der Waals surface area contributed by atoms with E-state index in [9.17, 15) is 0 Å². The lowest BCUT2D eigenvalue weighted by Gasteiger charge is -2.15. The SMILES string of the molecule is C1=CC2=C(CC1)c1cccc3c1C2/C=C\C=C/C3. The van der Waals surface area contributed by atoms with Gasteiger partial charge in [-0.15, -0.1) is 0 Å². The molecule has 1 aromatic rings. The lowest BCUT2D eigenvalue weighted by Crippen LogP contribution is -2.00. The predicted octanol–water partition coefficient (Wildman–Crippen LogP) is 4.56. The van der Waals surface area contributed by atoms with Crippen LogP contribution in [0.3, 0.4) is 0 Å². The molecule has 4 rings (SSSR count). The van der Waals surface area contributed by atoms with Crippen molar-refractivity contribution in [2.24, 2.45) is 0 Å². The van der Waals surface area contributed by atoms with Crippen LogP contribution in [0.1, 0.15) is 35.4 Å². The third-order valence-corrected chi connectivity index (χ3v) is 4.26. The normalized spacial score (nSPS) is 27.2. The second-order valence-electron chi connectivity index (χ2n) is 5.25. The molecule has 0 aromatic heterocycles. The topological polar surface area (TPSA) is 0 Å². The smallest absolute Gasteiger partial charge is 0.0284 e. The molecule has 3 aliphatic carbocycles. The fourth-order valence-electron chi connectivity index (χ4n) is 3.49. The van der Waals surface area contributed by atoms with Crippen LogP contribution in [-0.2, 0) is 6.42 Å². The highest BCUT2D eigenvalue weighted by atomic mass is 14.3. The lowest BCUT2D eigenvalue weighted by molar-refractivity contribution is 0.989. The number of benzene rings is 1. The molecule has 0 saturated heterocycles. The molecule has 0 amide bonds. The summed E-state index contributed by atoms with van der Waals surface area (Å²) in [6.45, 7) is 0. The van der Waals surface area contributed by atoms with E-state index in [1.807, 2.05) is 0 Å². The van der Waals surface area contributed by atoms with Crippen LogP contribution in [-0.4, -0.2) is 0 Å². The van der Waals surface area contributed by atoms with Gasteiger partial charge in [0.25, 0.3) is 0 Å². The maximum Gasteiger partial charge on any atom is 0.0284 e. The lowest BCUT2D eigenvalue weighted by atomic mass is 9.88. The van der Waals surface area contributed by atoms with E-state index < -0.39 is 0 Å². The minimum absolute atomic E-state index is 0.493. The van der Waals surface area contributed by atoms with E-state index >= 15 is 0 Å². The summed E-state index contributed by atoms with van der Waals surface area (Å²) in [7, 11) is 0. The standard InChI is InChI=1S/C18H16/c1-2-7-13-8-6-12-17-15-10-5-4-9-14(15)16(11-3-1)18(13)17/h1-4,6,8-9,11-12,16H,5,7,10H2/b2-1-,11-3-. The average Bonchev–Trinajstić information content (AvgIpc) is 2.70. The van der Waals surface area contributed by atoms with Crippen molar-refractivity contribution in [1.29, 1.82) is 0 Å². The number of fused-ring (bicyclic) bond motifs is 2. The summed E-state index contributed by atoms with van der Waals surface area (Å²) in [6, 6.07) is 6.82. The molecule has 0 aliphatic heterocycles. The average molecular weight is 232 g/mol. The van der Waals surface area contributed by atoms with Crippen molar-refractivity contribution in [2.75, 3.05) is 0 Å². The Labute approximate surface area is 108 Å². The van der Waals surface area contributed by atoms with Crippen LogP contribution < -0.4 is 0 Å². The van der Waals surface area contributed by atoms with Crippen molar-refractivity contribution in [3.63, 3.8) is 0 Å². The molecule has 0 saturated carbocycles. The van der Waals surface area contributed by atoms with Gasteiger partial charge in [0, 0.05) is 5.92 Å². The molecule has 1 atom stereocenters. The van der Waals surface area contributed by atoms with Crippen LogP contribution in [0.15, 0.2) is 60.2 Å². The number of rotatable bonds is 0. The summed E-state index contributed by atoms with van der Waals surface area (Å²) in [5.74, 6) is 0.493. The van der Waals surface area contributed by atoms with Gasteiger partial charge in [-0.1, -0.05) is 54.7 Å². The van der Waals surface area contributed by atoms with Gasteiger partial charge in [-0.3, -0.25) is 0 Å². The Balaban J connectivity index is 2.01. The second-order valence-corrected chi connectivity index (χ2v) is 5.25. The Morgan fingerprint density at radius 3 is 3.06 bits per heavy atom. The van der Waals surface area contributed by atoms with E-state index in [4.69, 9.17) is 0 Å². The first-order valence-electron chi connectivity index (χ1n) is 6.80. The molecule has 1 unspecified atom stereocenters. The largest absolute Gasteiger partial charge is 0.0839 e. The van der Waals surface area contributed by atoms with E-state index in [1.54, 1.807) is 11.1 Å². The van der Waals surface area contributed by atoms with Crippen molar-refractivity contribution in [2.45, 2.75) is 25.2 Å². The molecule has 0 nitrogen and oxygen atoms in total. The van der Waals surface area contributed by atoms with Gasteiger partial charge in [0.2, 0.25) is 0 Å². The Morgan fingerprint density at radius 2 is 2.06 bits per heavy atom. The molecule has 18 heavy (non-hydrogen) atoms. The van der Waals surface area contributed by atoms with Crippen molar-refractivity contribution < 1.29 is 0 Å². The van der Waals surface area contributed by atoms with Gasteiger partial charge in [0.05, 0.1) is 0 Å². The second kappa shape index (κ2) is 3.84. The summed E-state index contributed by atoms with van der Waals surface area (Å²) < 4.78 is 0. The summed E-state index contributed by atoms with van der Waals surface area (Å²) in [4.78, 5) is 0. The van der Waals surface area contributed by atoms with Crippen LogP contribution in [0.2, 0.25) is 0 Å². The number of hydrogen-bond donors (Lipinski definition) is 0. The monoisotopic (exact) mass is 232 g/mol. The van der Waals surface area contributed by atoms with E-state index in [2.05, 4.69) is 54.7 Å². The molecule has 0 N–H and O–H groups in total. The van der Waals surface area contributed by atoms with Gasteiger partial charge in [0.15, 0.2) is 0 Å². The fraction of sp³-hybridized carbons (Fsp3) is 0.222. The zero-order chi connectivity index (χ0) is 11.9. The Morgan fingerprint density at radius 1 is 1.06 bits per heavy atom. The maximum absolute atomic E-state index is 2.36. The molecule has 0 spiro atoms. The van der Waals surface area contributed by atoms with Crippen LogP contribution in [0.25, 0.3) is 5.57 Å².